The van der Waals surface area contributed by atoms with Gasteiger partial charge in [-0.05, 0) is 74.1 Å². The zero-order valence-corrected chi connectivity index (χ0v) is 23.4. The lowest BCUT2D eigenvalue weighted by Crippen LogP contribution is -2.57. The molecule has 0 aromatic heterocycles. The van der Waals surface area contributed by atoms with E-state index < -0.39 is 17.5 Å². The zero-order valence-electron chi connectivity index (χ0n) is 22.6. The van der Waals surface area contributed by atoms with E-state index in [1.807, 2.05) is 39.2 Å². The van der Waals surface area contributed by atoms with E-state index in [1.54, 1.807) is 16.7 Å². The molecule has 37 heavy (non-hydrogen) atoms. The lowest BCUT2D eigenvalue weighted by molar-refractivity contribution is -0.140. The number of thioether (sulfide) groups is 1. The molecule has 1 N–H and O–H groups in total. The smallest absolute Gasteiger partial charge is 0.251 e. The maximum absolute atomic E-state index is 13.8. The maximum atomic E-state index is 13.8. The molecule has 1 aromatic rings. The lowest BCUT2D eigenvalue weighted by Gasteiger charge is -2.42. The molecule has 0 bridgehead atoms. The summed E-state index contributed by atoms with van der Waals surface area (Å²) in [7, 11) is 0. The molecular formula is C29H41N3O4S. The van der Waals surface area contributed by atoms with Gasteiger partial charge in [0.15, 0.2) is 5.78 Å². The van der Waals surface area contributed by atoms with Gasteiger partial charge in [0.25, 0.3) is 5.91 Å². The van der Waals surface area contributed by atoms with Crippen LogP contribution in [0.2, 0.25) is 0 Å². The van der Waals surface area contributed by atoms with Gasteiger partial charge in [-0.2, -0.15) is 11.8 Å². The number of ether oxygens (including phenoxy) is 1. The second-order valence-electron chi connectivity index (χ2n) is 12.2. The number of rotatable bonds is 6. The molecule has 1 unspecified atom stereocenters. The molecule has 4 aliphatic rings. The number of hydrogen-bond acceptors (Lipinski definition) is 6. The number of nitrogens with one attached hydrogen (secondary N) is 1. The number of amides is 2. The molecule has 8 heteroatoms. The molecule has 0 spiro atoms. The first-order valence-corrected chi connectivity index (χ1v) is 15.1. The van der Waals surface area contributed by atoms with E-state index in [9.17, 15) is 14.4 Å². The summed E-state index contributed by atoms with van der Waals surface area (Å²) in [5.74, 6) is 0.0193. The Morgan fingerprint density at radius 1 is 1.08 bits per heavy atom. The fourth-order valence-electron chi connectivity index (χ4n) is 6.33. The van der Waals surface area contributed by atoms with E-state index in [0.29, 0.717) is 18.0 Å². The maximum Gasteiger partial charge on any atom is 0.251 e. The molecule has 1 aliphatic carbocycles. The van der Waals surface area contributed by atoms with Crippen LogP contribution in [0.5, 0.6) is 0 Å². The van der Waals surface area contributed by atoms with E-state index in [0.717, 1.165) is 19.1 Å². The number of likely N-dealkylation sites (tertiary alicyclic amines) is 2. The van der Waals surface area contributed by atoms with E-state index in [4.69, 9.17) is 4.74 Å². The summed E-state index contributed by atoms with van der Waals surface area (Å²) in [6.45, 7) is 8.67. The van der Waals surface area contributed by atoms with Crippen molar-refractivity contribution < 1.29 is 19.1 Å². The third kappa shape index (κ3) is 5.34. The van der Waals surface area contributed by atoms with Gasteiger partial charge in [-0.1, -0.05) is 39.3 Å². The van der Waals surface area contributed by atoms with Crippen LogP contribution in [0.4, 0.5) is 0 Å². The number of ketones is 1. The Kier molecular flexibility index (Phi) is 7.72. The number of benzene rings is 1. The van der Waals surface area contributed by atoms with Crippen LogP contribution < -0.4 is 5.32 Å². The van der Waals surface area contributed by atoms with E-state index in [2.05, 4.69) is 22.3 Å². The highest BCUT2D eigenvalue weighted by atomic mass is 32.2. The van der Waals surface area contributed by atoms with Crippen LogP contribution in [-0.2, 0) is 14.3 Å². The largest absolute Gasteiger partial charge is 0.367 e. The number of carbonyl (C=O) groups excluding carboxylic acids is 3. The van der Waals surface area contributed by atoms with E-state index in [1.165, 1.54) is 37.7 Å². The fraction of sp³-hybridized carbons (Fsp3) is 0.690. The van der Waals surface area contributed by atoms with Crippen LogP contribution in [0, 0.1) is 5.41 Å². The van der Waals surface area contributed by atoms with E-state index >= 15 is 0 Å². The first-order chi connectivity index (χ1) is 17.7. The minimum atomic E-state index is -0.745. The minimum Gasteiger partial charge on any atom is -0.367 e. The topological polar surface area (TPSA) is 79.0 Å². The molecule has 7 nitrogen and oxygen atoms in total. The quantitative estimate of drug-likeness (QED) is 0.610. The van der Waals surface area contributed by atoms with Crippen molar-refractivity contribution in [1.29, 1.82) is 0 Å². The molecule has 1 aromatic carbocycles. The minimum absolute atomic E-state index is 0.0503. The molecule has 4 atom stereocenters. The first kappa shape index (κ1) is 26.7. The van der Waals surface area contributed by atoms with Crippen LogP contribution in [0.15, 0.2) is 24.3 Å². The average molecular weight is 528 g/mol. The predicted octanol–water partition coefficient (Wildman–Crippen LogP) is 3.47. The molecule has 5 rings (SSSR count). The van der Waals surface area contributed by atoms with Gasteiger partial charge >= 0.3 is 0 Å². The monoisotopic (exact) mass is 527 g/mol. The molecule has 0 radical (unpaired) electrons. The standard InChI is InChI=1S/C29H41N3O4S/c1-29(2,3)26(28(35)32-16-23(37-4)25-24(32)22(33)17-36-25)30-27(34)20-10-8-18(9-11-20)19-12-14-31(15-13-19)21-6-5-7-21/h8-11,19,21,23-26H,5-7,12-17H2,1-4H3,(H,30,34)/t23-,24+,25+,26?/m0/s1. The third-order valence-electron chi connectivity index (χ3n) is 8.88. The summed E-state index contributed by atoms with van der Waals surface area (Å²) in [6, 6.07) is 7.44. The van der Waals surface area contributed by atoms with Crippen LogP contribution in [0.25, 0.3) is 0 Å². The second-order valence-corrected chi connectivity index (χ2v) is 13.3. The van der Waals surface area contributed by atoms with Crippen LogP contribution in [0.1, 0.15) is 74.7 Å². The Bertz CT molecular complexity index is 1010. The summed E-state index contributed by atoms with van der Waals surface area (Å²) in [6.07, 6.45) is 8.13. The van der Waals surface area contributed by atoms with Crippen molar-refractivity contribution in [3.05, 3.63) is 35.4 Å². The van der Waals surface area contributed by atoms with Gasteiger partial charge in [0.2, 0.25) is 5.91 Å². The SMILES string of the molecule is CS[C@H]1CN(C(=O)C(NC(=O)c2ccc(C3CCN(C4CCC4)CC3)cc2)C(C)(C)C)[C@@H]2C(=O)CO[C@H]12. The summed E-state index contributed by atoms with van der Waals surface area (Å²) in [4.78, 5) is 43.9. The molecule has 202 valence electrons. The van der Waals surface area contributed by atoms with Crippen LogP contribution >= 0.6 is 11.8 Å². The normalized spacial score (nSPS) is 28.2. The Labute approximate surface area is 225 Å². The van der Waals surface area contributed by atoms with Crippen molar-refractivity contribution in [1.82, 2.24) is 15.1 Å². The van der Waals surface area contributed by atoms with Gasteiger partial charge < -0.3 is 19.9 Å². The first-order valence-electron chi connectivity index (χ1n) is 13.8. The van der Waals surface area contributed by atoms with Crippen molar-refractivity contribution in [2.75, 3.05) is 32.5 Å². The Morgan fingerprint density at radius 3 is 2.32 bits per heavy atom. The van der Waals surface area contributed by atoms with Gasteiger partial charge in [-0.3, -0.25) is 14.4 Å². The predicted molar refractivity (Wildman–Crippen MR) is 146 cm³/mol. The Hall–Kier alpha value is -1.90. The number of hydrogen-bond donors (Lipinski definition) is 1. The molecular weight excluding hydrogens is 486 g/mol. The van der Waals surface area contributed by atoms with Crippen molar-refractivity contribution in [3.8, 4) is 0 Å². The molecule has 2 amide bonds. The Morgan fingerprint density at radius 2 is 1.76 bits per heavy atom. The molecule has 1 saturated carbocycles. The highest BCUT2D eigenvalue weighted by Gasteiger charge is 2.53. The number of nitrogens with zero attached hydrogens (tertiary/aromatic N) is 2. The van der Waals surface area contributed by atoms with Crippen molar-refractivity contribution in [2.45, 2.75) is 88.3 Å². The third-order valence-corrected chi connectivity index (χ3v) is 9.90. The molecule has 4 fully saturated rings. The number of fused-ring (bicyclic) bond motifs is 1. The average Bonchev–Trinajstić information content (AvgIpc) is 3.41. The van der Waals surface area contributed by atoms with Crippen molar-refractivity contribution >= 4 is 29.4 Å². The summed E-state index contributed by atoms with van der Waals surface area (Å²) < 4.78 is 5.72. The van der Waals surface area contributed by atoms with Gasteiger partial charge in [-0.15, -0.1) is 0 Å². The van der Waals surface area contributed by atoms with Gasteiger partial charge in [-0.25, -0.2) is 0 Å². The number of carbonyl (C=O) groups is 3. The highest BCUT2D eigenvalue weighted by molar-refractivity contribution is 7.99. The highest BCUT2D eigenvalue weighted by Crippen LogP contribution is 2.36. The van der Waals surface area contributed by atoms with Gasteiger partial charge in [0, 0.05) is 18.2 Å². The van der Waals surface area contributed by atoms with Crippen molar-refractivity contribution in [2.24, 2.45) is 5.41 Å². The summed E-state index contributed by atoms with van der Waals surface area (Å²) in [5.41, 5.74) is 1.33. The molecule has 3 heterocycles. The van der Waals surface area contributed by atoms with Crippen LogP contribution in [-0.4, -0.2) is 89.4 Å². The summed E-state index contributed by atoms with van der Waals surface area (Å²) in [5, 5.41) is 3.07. The van der Waals surface area contributed by atoms with E-state index in [-0.39, 0.29) is 35.6 Å². The second kappa shape index (κ2) is 10.7. The number of piperidine rings is 1. The van der Waals surface area contributed by atoms with Crippen LogP contribution in [0.3, 0.4) is 0 Å². The molecule has 3 saturated heterocycles. The zero-order chi connectivity index (χ0) is 26.3. The summed E-state index contributed by atoms with van der Waals surface area (Å²) >= 11 is 1.62. The fourth-order valence-corrected chi connectivity index (χ4v) is 7.14. The number of Topliss-reactive ketones (excluding diaryl/α,β-unsaturated/α-hetero) is 1. The lowest BCUT2D eigenvalue weighted by atomic mass is 9.84. The van der Waals surface area contributed by atoms with Gasteiger partial charge in [0.1, 0.15) is 18.7 Å². The Balaban J connectivity index is 1.24. The van der Waals surface area contributed by atoms with Gasteiger partial charge in [0.05, 0.1) is 11.4 Å². The molecule has 3 aliphatic heterocycles. The van der Waals surface area contributed by atoms with Crippen molar-refractivity contribution in [3.63, 3.8) is 0 Å².